The van der Waals surface area contributed by atoms with E-state index in [1.54, 1.807) is 11.8 Å². The number of nitrogens with one attached hydrogen (secondary N) is 1. The molecule has 0 amide bonds. The minimum atomic E-state index is -0.207. The van der Waals surface area contributed by atoms with Gasteiger partial charge in [0.1, 0.15) is 5.82 Å². The highest BCUT2D eigenvalue weighted by Crippen LogP contribution is 2.28. The molecule has 1 saturated carbocycles. The Bertz CT molecular complexity index is 702. The summed E-state index contributed by atoms with van der Waals surface area (Å²) in [6.07, 6.45) is 2.34. The van der Waals surface area contributed by atoms with Gasteiger partial charge in [0.25, 0.3) is 0 Å². The molecule has 0 bridgehead atoms. The summed E-state index contributed by atoms with van der Waals surface area (Å²) in [6.45, 7) is 1.53. The van der Waals surface area contributed by atoms with Crippen LogP contribution in [0.3, 0.4) is 0 Å². The quantitative estimate of drug-likeness (QED) is 0.398. The molecule has 1 fully saturated rings. The summed E-state index contributed by atoms with van der Waals surface area (Å²) in [5.74, 6) is 0.721. The maximum absolute atomic E-state index is 13.1. The number of nitrogens with zero attached hydrogens (tertiary/aromatic N) is 1. The standard InChI is InChI=1S/C19H20ClFN2S2/c20-15-3-9-18(10-4-15)25-12-11-22-19(24)23(17-7-8-17)13-14-1-5-16(21)6-2-14/h1-6,9-10,17H,7-8,11-13H2,(H,22,24). The molecule has 2 nitrogen and oxygen atoms in total. The lowest BCUT2D eigenvalue weighted by molar-refractivity contribution is 0.397. The van der Waals surface area contributed by atoms with Gasteiger partial charge in [-0.05, 0) is 67.0 Å². The fourth-order valence-electron chi connectivity index (χ4n) is 2.50. The molecule has 2 aromatic carbocycles. The third kappa shape index (κ3) is 5.87. The molecule has 2 aromatic rings. The fraction of sp³-hybridized carbons (Fsp3) is 0.316. The van der Waals surface area contributed by atoms with Crippen LogP contribution in [0.25, 0.3) is 0 Å². The molecule has 0 aromatic heterocycles. The van der Waals surface area contributed by atoms with Gasteiger partial charge in [0.15, 0.2) is 5.11 Å². The molecule has 0 spiro atoms. The Kier molecular flexibility index (Phi) is 6.57. The van der Waals surface area contributed by atoms with Crippen molar-refractivity contribution in [3.63, 3.8) is 0 Å². The van der Waals surface area contributed by atoms with Crippen LogP contribution in [0.4, 0.5) is 4.39 Å². The lowest BCUT2D eigenvalue weighted by atomic mass is 10.2. The molecule has 0 aliphatic heterocycles. The predicted octanol–water partition coefficient (Wildman–Crippen LogP) is 5.11. The van der Waals surface area contributed by atoms with E-state index in [4.69, 9.17) is 23.8 Å². The Morgan fingerprint density at radius 3 is 2.48 bits per heavy atom. The van der Waals surface area contributed by atoms with Crippen LogP contribution < -0.4 is 5.32 Å². The predicted molar refractivity (Wildman–Crippen MR) is 108 cm³/mol. The number of rotatable bonds is 7. The molecule has 1 aliphatic rings. The van der Waals surface area contributed by atoms with Gasteiger partial charge in [-0.2, -0.15) is 0 Å². The molecule has 0 radical (unpaired) electrons. The first-order valence-electron chi connectivity index (χ1n) is 8.29. The number of hydrogen-bond acceptors (Lipinski definition) is 2. The van der Waals surface area contributed by atoms with Gasteiger partial charge in [0.2, 0.25) is 0 Å². The zero-order chi connectivity index (χ0) is 17.6. The summed E-state index contributed by atoms with van der Waals surface area (Å²) in [7, 11) is 0. The van der Waals surface area contributed by atoms with E-state index in [0.717, 1.165) is 34.5 Å². The molecule has 1 N–H and O–H groups in total. The first kappa shape index (κ1) is 18.5. The number of hydrogen-bond donors (Lipinski definition) is 1. The van der Waals surface area contributed by atoms with Crippen molar-refractivity contribution in [2.75, 3.05) is 12.3 Å². The molecule has 6 heteroatoms. The van der Waals surface area contributed by atoms with Crippen LogP contribution >= 0.6 is 35.6 Å². The zero-order valence-electron chi connectivity index (χ0n) is 13.8. The number of benzene rings is 2. The average molecular weight is 395 g/mol. The highest BCUT2D eigenvalue weighted by molar-refractivity contribution is 7.99. The number of thiocarbonyl (C=S) groups is 1. The molecule has 0 saturated heterocycles. The van der Waals surface area contributed by atoms with E-state index in [1.165, 1.54) is 29.9 Å². The monoisotopic (exact) mass is 394 g/mol. The molecule has 0 unspecified atom stereocenters. The molecule has 25 heavy (non-hydrogen) atoms. The van der Waals surface area contributed by atoms with Crippen molar-refractivity contribution in [3.8, 4) is 0 Å². The van der Waals surface area contributed by atoms with E-state index in [9.17, 15) is 4.39 Å². The van der Waals surface area contributed by atoms with Crippen molar-refractivity contribution in [2.24, 2.45) is 0 Å². The Morgan fingerprint density at radius 1 is 1.16 bits per heavy atom. The third-order valence-corrected chi connectivity index (χ3v) is 5.62. The maximum Gasteiger partial charge on any atom is 0.169 e. The fourth-order valence-corrected chi connectivity index (χ4v) is 3.71. The van der Waals surface area contributed by atoms with Gasteiger partial charge in [-0.1, -0.05) is 23.7 Å². The van der Waals surface area contributed by atoms with Gasteiger partial charge in [0.05, 0.1) is 0 Å². The smallest absolute Gasteiger partial charge is 0.169 e. The Morgan fingerprint density at radius 2 is 1.84 bits per heavy atom. The van der Waals surface area contributed by atoms with Crippen molar-refractivity contribution in [3.05, 3.63) is 64.9 Å². The molecule has 3 rings (SSSR count). The summed E-state index contributed by atoms with van der Waals surface area (Å²) in [4.78, 5) is 3.41. The van der Waals surface area contributed by atoms with Crippen molar-refractivity contribution < 1.29 is 4.39 Å². The molecule has 1 aliphatic carbocycles. The van der Waals surface area contributed by atoms with E-state index in [-0.39, 0.29) is 5.82 Å². The first-order valence-corrected chi connectivity index (χ1v) is 10.1. The highest BCUT2D eigenvalue weighted by atomic mass is 35.5. The number of thioether (sulfide) groups is 1. The highest BCUT2D eigenvalue weighted by Gasteiger charge is 2.30. The normalized spacial score (nSPS) is 13.5. The Labute approximate surface area is 162 Å². The van der Waals surface area contributed by atoms with E-state index in [1.807, 2.05) is 36.4 Å². The van der Waals surface area contributed by atoms with Gasteiger partial charge in [-0.3, -0.25) is 0 Å². The average Bonchev–Trinajstić information content (AvgIpc) is 3.44. The molecule has 0 atom stereocenters. The lowest BCUT2D eigenvalue weighted by Gasteiger charge is -2.26. The first-order chi connectivity index (χ1) is 12.1. The van der Waals surface area contributed by atoms with E-state index in [2.05, 4.69) is 10.2 Å². The van der Waals surface area contributed by atoms with Crippen LogP contribution in [0.15, 0.2) is 53.4 Å². The maximum atomic E-state index is 13.1. The minimum absolute atomic E-state index is 0.207. The van der Waals surface area contributed by atoms with Crippen LogP contribution in [0.2, 0.25) is 5.02 Å². The molecular weight excluding hydrogens is 375 g/mol. The summed E-state index contributed by atoms with van der Waals surface area (Å²) in [6, 6.07) is 15.0. The Balaban J connectivity index is 1.46. The van der Waals surface area contributed by atoms with Crippen molar-refractivity contribution >= 4 is 40.7 Å². The Hall–Kier alpha value is -1.30. The van der Waals surface area contributed by atoms with Gasteiger partial charge >= 0.3 is 0 Å². The minimum Gasteiger partial charge on any atom is -0.362 e. The second-order valence-corrected chi connectivity index (χ2v) is 8.01. The molecular formula is C19H20ClFN2S2. The second kappa shape index (κ2) is 8.88. The van der Waals surface area contributed by atoms with Gasteiger partial charge in [-0.25, -0.2) is 4.39 Å². The third-order valence-electron chi connectivity index (χ3n) is 3.98. The largest absolute Gasteiger partial charge is 0.362 e. The van der Waals surface area contributed by atoms with Crippen molar-refractivity contribution in [2.45, 2.75) is 30.3 Å². The van der Waals surface area contributed by atoms with Crippen LogP contribution in [-0.4, -0.2) is 28.4 Å². The topological polar surface area (TPSA) is 15.3 Å². The van der Waals surface area contributed by atoms with Crippen LogP contribution in [-0.2, 0) is 6.54 Å². The summed E-state index contributed by atoms with van der Waals surface area (Å²) in [5, 5.41) is 4.89. The van der Waals surface area contributed by atoms with E-state index >= 15 is 0 Å². The lowest BCUT2D eigenvalue weighted by Crippen LogP contribution is -2.41. The van der Waals surface area contributed by atoms with Crippen LogP contribution in [0.5, 0.6) is 0 Å². The second-order valence-electron chi connectivity index (χ2n) is 6.02. The number of halogens is 2. The summed E-state index contributed by atoms with van der Waals surface area (Å²) >= 11 is 13.2. The van der Waals surface area contributed by atoms with Crippen molar-refractivity contribution in [1.82, 2.24) is 10.2 Å². The van der Waals surface area contributed by atoms with Crippen LogP contribution in [0.1, 0.15) is 18.4 Å². The summed E-state index contributed by atoms with van der Waals surface area (Å²) in [5.41, 5.74) is 1.08. The zero-order valence-corrected chi connectivity index (χ0v) is 16.1. The molecule has 0 heterocycles. The molecule has 132 valence electrons. The van der Waals surface area contributed by atoms with Gasteiger partial charge in [0, 0.05) is 34.8 Å². The SMILES string of the molecule is Fc1ccc(CN(C(=S)NCCSc2ccc(Cl)cc2)C2CC2)cc1. The van der Waals surface area contributed by atoms with Gasteiger partial charge in [-0.15, -0.1) is 11.8 Å². The summed E-state index contributed by atoms with van der Waals surface area (Å²) < 4.78 is 13.1. The van der Waals surface area contributed by atoms with Crippen molar-refractivity contribution in [1.29, 1.82) is 0 Å². The van der Waals surface area contributed by atoms with Gasteiger partial charge < -0.3 is 10.2 Å². The van der Waals surface area contributed by atoms with E-state index in [0.29, 0.717) is 6.04 Å². The van der Waals surface area contributed by atoms with Crippen LogP contribution in [0, 0.1) is 5.82 Å². The van der Waals surface area contributed by atoms with E-state index < -0.39 is 0 Å².